The molecule has 0 heterocycles. The second-order valence-corrected chi connectivity index (χ2v) is 4.43. The Hall–Kier alpha value is 0.400. The van der Waals surface area contributed by atoms with Gasteiger partial charge in [0.1, 0.15) is 0 Å². The van der Waals surface area contributed by atoms with Crippen molar-refractivity contribution in [1.29, 1.82) is 0 Å². The van der Waals surface area contributed by atoms with Crippen molar-refractivity contribution in [3.8, 4) is 0 Å². The summed E-state index contributed by atoms with van der Waals surface area (Å²) in [4.78, 5) is 0.590. The molecule has 0 aromatic carbocycles. The molecule has 0 aromatic heterocycles. The van der Waals surface area contributed by atoms with Gasteiger partial charge in [-0.15, -0.1) is 0 Å². The van der Waals surface area contributed by atoms with E-state index in [2.05, 4.69) is 35.1 Å². The summed E-state index contributed by atoms with van der Waals surface area (Å²) in [7, 11) is 1.72. The zero-order valence-electron chi connectivity index (χ0n) is 7.56. The number of hydrogen-bond acceptors (Lipinski definition) is 2. The fourth-order valence-electron chi connectivity index (χ4n) is 0.978. The van der Waals surface area contributed by atoms with Crippen LogP contribution in [0.25, 0.3) is 0 Å². The predicted octanol–water partition coefficient (Wildman–Crippen LogP) is 1.78. The summed E-state index contributed by atoms with van der Waals surface area (Å²) in [5, 5.41) is 3.36. The molecule has 2 unspecified atom stereocenters. The van der Waals surface area contributed by atoms with Gasteiger partial charge in [-0.05, 0) is 13.3 Å². The van der Waals surface area contributed by atoms with Crippen LogP contribution < -0.4 is 5.32 Å². The maximum absolute atomic E-state index is 4.92. The van der Waals surface area contributed by atoms with Crippen LogP contribution in [-0.2, 0) is 4.74 Å². The van der Waals surface area contributed by atoms with Gasteiger partial charge in [-0.25, -0.2) is 0 Å². The van der Waals surface area contributed by atoms with Crippen molar-refractivity contribution < 1.29 is 4.74 Å². The topological polar surface area (TPSA) is 21.3 Å². The van der Waals surface area contributed by atoms with Gasteiger partial charge in [0.15, 0.2) is 0 Å². The van der Waals surface area contributed by atoms with Crippen LogP contribution in [0.2, 0.25) is 0 Å². The molecule has 0 aliphatic heterocycles. The lowest BCUT2D eigenvalue weighted by Gasteiger charge is -2.14. The number of alkyl halides is 1. The molecule has 0 spiro atoms. The monoisotopic (exact) mass is 223 g/mol. The summed E-state index contributed by atoms with van der Waals surface area (Å²) in [5.41, 5.74) is 0. The molecular formula is C8H18BrNO. The third-order valence-electron chi connectivity index (χ3n) is 1.48. The highest BCUT2D eigenvalue weighted by atomic mass is 79.9. The van der Waals surface area contributed by atoms with Gasteiger partial charge < -0.3 is 10.1 Å². The van der Waals surface area contributed by atoms with Crippen molar-refractivity contribution in [1.82, 2.24) is 5.32 Å². The Morgan fingerprint density at radius 1 is 1.45 bits per heavy atom. The number of rotatable bonds is 6. The van der Waals surface area contributed by atoms with Gasteiger partial charge in [-0.1, -0.05) is 22.9 Å². The SMILES string of the molecule is COCCNC(C)CC(C)Br. The van der Waals surface area contributed by atoms with E-state index in [1.807, 2.05) is 0 Å². The van der Waals surface area contributed by atoms with Gasteiger partial charge in [0.05, 0.1) is 6.61 Å². The quantitative estimate of drug-likeness (QED) is 0.548. The lowest BCUT2D eigenvalue weighted by molar-refractivity contribution is 0.196. The molecule has 0 fully saturated rings. The summed E-state index contributed by atoms with van der Waals surface area (Å²) < 4.78 is 4.92. The van der Waals surface area contributed by atoms with Crippen LogP contribution in [0.15, 0.2) is 0 Å². The maximum Gasteiger partial charge on any atom is 0.0587 e. The number of nitrogens with one attached hydrogen (secondary N) is 1. The number of halogens is 1. The van der Waals surface area contributed by atoms with E-state index >= 15 is 0 Å². The van der Waals surface area contributed by atoms with Crippen LogP contribution in [-0.4, -0.2) is 31.1 Å². The van der Waals surface area contributed by atoms with Gasteiger partial charge in [-0.3, -0.25) is 0 Å². The normalized spacial score (nSPS) is 16.4. The molecular weight excluding hydrogens is 206 g/mol. The molecule has 0 saturated heterocycles. The Balaban J connectivity index is 3.15. The van der Waals surface area contributed by atoms with Crippen LogP contribution in [0.1, 0.15) is 20.3 Å². The molecule has 2 nitrogen and oxygen atoms in total. The van der Waals surface area contributed by atoms with Crippen molar-refractivity contribution >= 4 is 15.9 Å². The van der Waals surface area contributed by atoms with Crippen molar-refractivity contribution in [2.75, 3.05) is 20.3 Å². The van der Waals surface area contributed by atoms with Gasteiger partial charge in [0.25, 0.3) is 0 Å². The largest absolute Gasteiger partial charge is 0.383 e. The van der Waals surface area contributed by atoms with Gasteiger partial charge in [-0.2, -0.15) is 0 Å². The second kappa shape index (κ2) is 7.07. The first-order chi connectivity index (χ1) is 5.16. The molecule has 0 radical (unpaired) electrons. The molecule has 68 valence electrons. The second-order valence-electron chi connectivity index (χ2n) is 2.86. The van der Waals surface area contributed by atoms with E-state index < -0.39 is 0 Å². The molecule has 0 aliphatic carbocycles. The van der Waals surface area contributed by atoms with Gasteiger partial charge in [0.2, 0.25) is 0 Å². The number of methoxy groups -OCH3 is 1. The summed E-state index contributed by atoms with van der Waals surface area (Å²) >= 11 is 3.51. The smallest absolute Gasteiger partial charge is 0.0587 e. The average molecular weight is 224 g/mol. The first-order valence-corrected chi connectivity index (χ1v) is 4.94. The van der Waals surface area contributed by atoms with E-state index in [0.29, 0.717) is 10.9 Å². The molecule has 0 bridgehead atoms. The Bertz CT molecular complexity index is 88.2. The van der Waals surface area contributed by atoms with Crippen molar-refractivity contribution in [2.24, 2.45) is 0 Å². The predicted molar refractivity (Wildman–Crippen MR) is 52.3 cm³/mol. The molecule has 3 heteroatoms. The Morgan fingerprint density at radius 2 is 2.09 bits per heavy atom. The summed E-state index contributed by atoms with van der Waals surface area (Å²) in [6, 6.07) is 0.569. The fraction of sp³-hybridized carbons (Fsp3) is 1.00. The lowest BCUT2D eigenvalue weighted by Crippen LogP contribution is -2.30. The highest BCUT2D eigenvalue weighted by Crippen LogP contribution is 2.05. The van der Waals surface area contributed by atoms with E-state index in [1.165, 1.54) is 0 Å². The fourth-order valence-corrected chi connectivity index (χ4v) is 1.54. The van der Waals surface area contributed by atoms with Crippen LogP contribution >= 0.6 is 15.9 Å². The van der Waals surface area contributed by atoms with E-state index in [9.17, 15) is 0 Å². The van der Waals surface area contributed by atoms with E-state index in [4.69, 9.17) is 4.74 Å². The van der Waals surface area contributed by atoms with Crippen molar-refractivity contribution in [3.05, 3.63) is 0 Å². The first kappa shape index (κ1) is 11.4. The molecule has 11 heavy (non-hydrogen) atoms. The maximum atomic E-state index is 4.92. The number of ether oxygens (including phenoxy) is 1. The van der Waals surface area contributed by atoms with Gasteiger partial charge in [0, 0.05) is 24.5 Å². The van der Waals surface area contributed by atoms with Crippen LogP contribution in [0.4, 0.5) is 0 Å². The molecule has 0 aromatic rings. The van der Waals surface area contributed by atoms with Crippen molar-refractivity contribution in [3.63, 3.8) is 0 Å². The molecule has 0 rings (SSSR count). The van der Waals surface area contributed by atoms with Crippen LogP contribution in [0, 0.1) is 0 Å². The Morgan fingerprint density at radius 3 is 2.55 bits per heavy atom. The molecule has 0 saturated carbocycles. The van der Waals surface area contributed by atoms with E-state index in [-0.39, 0.29) is 0 Å². The first-order valence-electron chi connectivity index (χ1n) is 4.03. The highest BCUT2D eigenvalue weighted by molar-refractivity contribution is 9.09. The van der Waals surface area contributed by atoms with Crippen LogP contribution in [0.5, 0.6) is 0 Å². The minimum absolute atomic E-state index is 0.569. The van der Waals surface area contributed by atoms with Gasteiger partial charge >= 0.3 is 0 Å². The highest BCUT2D eigenvalue weighted by Gasteiger charge is 2.03. The molecule has 0 amide bonds. The molecule has 2 atom stereocenters. The lowest BCUT2D eigenvalue weighted by atomic mass is 10.2. The standard InChI is InChI=1S/C8H18BrNO/c1-7(9)6-8(2)10-4-5-11-3/h7-8,10H,4-6H2,1-3H3. The van der Waals surface area contributed by atoms with Crippen LogP contribution in [0.3, 0.4) is 0 Å². The third kappa shape index (κ3) is 8.30. The minimum atomic E-state index is 0.569. The Labute approximate surface area is 77.8 Å². The summed E-state index contributed by atoms with van der Waals surface area (Å²) in [6.07, 6.45) is 1.16. The summed E-state index contributed by atoms with van der Waals surface area (Å²) in [5.74, 6) is 0. The Kier molecular flexibility index (Phi) is 7.33. The van der Waals surface area contributed by atoms with E-state index in [0.717, 1.165) is 19.6 Å². The minimum Gasteiger partial charge on any atom is -0.383 e. The summed E-state index contributed by atoms with van der Waals surface area (Å²) in [6.45, 7) is 6.08. The number of hydrogen-bond donors (Lipinski definition) is 1. The average Bonchev–Trinajstić information content (AvgIpc) is 1.86. The molecule has 1 N–H and O–H groups in total. The zero-order valence-corrected chi connectivity index (χ0v) is 9.15. The molecule has 0 aliphatic rings. The third-order valence-corrected chi connectivity index (χ3v) is 1.85. The van der Waals surface area contributed by atoms with E-state index in [1.54, 1.807) is 7.11 Å². The zero-order chi connectivity index (χ0) is 8.69. The van der Waals surface area contributed by atoms with Crippen molar-refractivity contribution in [2.45, 2.75) is 31.1 Å².